The van der Waals surface area contributed by atoms with E-state index in [9.17, 15) is 0 Å². The van der Waals surface area contributed by atoms with Crippen molar-refractivity contribution in [1.29, 1.82) is 5.26 Å². The minimum absolute atomic E-state index is 0.491. The molecule has 0 atom stereocenters. The molecule has 0 aliphatic rings. The molecular weight excluding hydrogens is 142 g/mol. The third-order valence-electron chi connectivity index (χ3n) is 0.298. The Morgan fingerprint density at radius 1 is 1.83 bits per heavy atom. The maximum Gasteiger partial charge on any atom is 0.0663 e. The van der Waals surface area contributed by atoms with E-state index >= 15 is 0 Å². The molecule has 2 heteroatoms. The first kappa shape index (κ1) is 5.71. The van der Waals surface area contributed by atoms with Crippen LogP contribution in [0, 0.1) is 11.3 Å². The quantitative estimate of drug-likeness (QED) is 0.553. The molecule has 1 nitrogen and oxygen atoms in total. The van der Waals surface area contributed by atoms with E-state index < -0.39 is 0 Å². The summed E-state index contributed by atoms with van der Waals surface area (Å²) in [4.78, 5) is 1.68. The standard InChI is InChI=1S/C4H4BrN/c5-3-1-2-4-6/h1,3H,2H2/b3-1-. The predicted molar refractivity (Wildman–Crippen MR) is 28.3 cm³/mol. The van der Waals surface area contributed by atoms with E-state index in [-0.39, 0.29) is 0 Å². The van der Waals surface area contributed by atoms with Crippen LogP contribution in [-0.2, 0) is 0 Å². The zero-order valence-corrected chi connectivity index (χ0v) is 4.77. The van der Waals surface area contributed by atoms with Gasteiger partial charge in [-0.1, -0.05) is 22.0 Å². The van der Waals surface area contributed by atoms with Crippen LogP contribution < -0.4 is 0 Å². The summed E-state index contributed by atoms with van der Waals surface area (Å²) in [5.74, 6) is 0. The van der Waals surface area contributed by atoms with Gasteiger partial charge in [-0.15, -0.1) is 0 Å². The van der Waals surface area contributed by atoms with Crippen LogP contribution in [0.1, 0.15) is 6.42 Å². The van der Waals surface area contributed by atoms with Crippen LogP contribution in [0.15, 0.2) is 11.1 Å². The maximum absolute atomic E-state index is 7.88. The molecule has 0 aliphatic heterocycles. The van der Waals surface area contributed by atoms with Crippen LogP contribution >= 0.6 is 15.9 Å². The minimum Gasteiger partial charge on any atom is -0.198 e. The Bertz CT molecular complexity index is 80.0. The van der Waals surface area contributed by atoms with Gasteiger partial charge in [-0.05, 0) is 4.99 Å². The lowest BCUT2D eigenvalue weighted by Crippen LogP contribution is -1.48. The van der Waals surface area contributed by atoms with Crippen LogP contribution in [-0.4, -0.2) is 0 Å². The first-order chi connectivity index (χ1) is 2.91. The number of rotatable bonds is 1. The third kappa shape index (κ3) is 3.71. The second-order valence-corrected chi connectivity index (χ2v) is 1.25. The SMILES string of the molecule is N#CC/C=C\Br. The van der Waals surface area contributed by atoms with Crippen molar-refractivity contribution in [2.24, 2.45) is 0 Å². The topological polar surface area (TPSA) is 23.8 Å². The van der Waals surface area contributed by atoms with Crippen molar-refractivity contribution in [3.8, 4) is 6.07 Å². The summed E-state index contributed by atoms with van der Waals surface area (Å²) in [6, 6.07) is 1.95. The minimum atomic E-state index is 0.491. The van der Waals surface area contributed by atoms with Gasteiger partial charge in [-0.2, -0.15) is 5.26 Å². The molecule has 0 aliphatic carbocycles. The second-order valence-electron chi connectivity index (χ2n) is 0.724. The zero-order valence-electron chi connectivity index (χ0n) is 3.19. The lowest BCUT2D eigenvalue weighted by Gasteiger charge is -1.61. The summed E-state index contributed by atoms with van der Waals surface area (Å²) in [5, 5.41) is 7.88. The molecule has 32 valence electrons. The van der Waals surface area contributed by atoms with Crippen molar-refractivity contribution in [3.63, 3.8) is 0 Å². The number of allylic oxidation sites excluding steroid dienone is 1. The van der Waals surface area contributed by atoms with Gasteiger partial charge in [-0.3, -0.25) is 0 Å². The monoisotopic (exact) mass is 145 g/mol. The highest BCUT2D eigenvalue weighted by molar-refractivity contribution is 9.11. The van der Waals surface area contributed by atoms with Gasteiger partial charge < -0.3 is 0 Å². The fourth-order valence-corrected chi connectivity index (χ4v) is 0.284. The van der Waals surface area contributed by atoms with Gasteiger partial charge >= 0.3 is 0 Å². The van der Waals surface area contributed by atoms with Gasteiger partial charge in [0.1, 0.15) is 0 Å². The van der Waals surface area contributed by atoms with Crippen LogP contribution in [0.4, 0.5) is 0 Å². The molecule has 0 rings (SSSR count). The molecule has 0 spiro atoms. The summed E-state index contributed by atoms with van der Waals surface area (Å²) < 4.78 is 0. The Kier molecular flexibility index (Phi) is 4.48. The zero-order chi connectivity index (χ0) is 4.83. The highest BCUT2D eigenvalue weighted by Crippen LogP contribution is 1.84. The molecule has 0 bridgehead atoms. The number of hydrogen-bond donors (Lipinski definition) is 0. The molecule has 0 aromatic carbocycles. The van der Waals surface area contributed by atoms with Crippen LogP contribution in [0.3, 0.4) is 0 Å². The third-order valence-corrected chi connectivity index (χ3v) is 0.672. The molecule has 0 N–H and O–H groups in total. The predicted octanol–water partition coefficient (Wildman–Crippen LogP) is 1.81. The largest absolute Gasteiger partial charge is 0.198 e. The van der Waals surface area contributed by atoms with E-state index in [2.05, 4.69) is 15.9 Å². The average Bonchev–Trinajstić information content (AvgIpc) is 1.61. The van der Waals surface area contributed by atoms with E-state index in [0.29, 0.717) is 6.42 Å². The Hall–Kier alpha value is -0.290. The van der Waals surface area contributed by atoms with Gasteiger partial charge in [-0.25, -0.2) is 0 Å². The molecule has 0 saturated carbocycles. The van der Waals surface area contributed by atoms with E-state index in [4.69, 9.17) is 5.26 Å². The fraction of sp³-hybridized carbons (Fsp3) is 0.250. The van der Waals surface area contributed by atoms with Gasteiger partial charge in [0.05, 0.1) is 12.5 Å². The van der Waals surface area contributed by atoms with Gasteiger partial charge in [0.25, 0.3) is 0 Å². The van der Waals surface area contributed by atoms with Crippen LogP contribution in [0.2, 0.25) is 0 Å². The number of halogens is 1. The smallest absolute Gasteiger partial charge is 0.0663 e. The van der Waals surface area contributed by atoms with Crippen molar-refractivity contribution in [3.05, 3.63) is 11.1 Å². The molecule has 0 saturated heterocycles. The Balaban J connectivity index is 2.92. The molecule has 6 heavy (non-hydrogen) atoms. The summed E-state index contributed by atoms with van der Waals surface area (Å²) in [6.45, 7) is 0. The number of nitriles is 1. The molecule has 0 unspecified atom stereocenters. The van der Waals surface area contributed by atoms with Crippen molar-refractivity contribution in [2.75, 3.05) is 0 Å². The normalized spacial score (nSPS) is 8.67. The van der Waals surface area contributed by atoms with E-state index in [1.807, 2.05) is 6.07 Å². The van der Waals surface area contributed by atoms with Crippen LogP contribution in [0.5, 0.6) is 0 Å². The fourth-order valence-electron chi connectivity index (χ4n) is 0.0972. The van der Waals surface area contributed by atoms with Crippen molar-refractivity contribution in [2.45, 2.75) is 6.42 Å². The first-order valence-electron chi connectivity index (χ1n) is 1.54. The molecule has 0 amide bonds. The number of hydrogen-bond acceptors (Lipinski definition) is 1. The molecule has 0 heterocycles. The van der Waals surface area contributed by atoms with Gasteiger partial charge in [0.15, 0.2) is 0 Å². The van der Waals surface area contributed by atoms with E-state index in [0.717, 1.165) is 0 Å². The molecule has 0 aromatic heterocycles. The summed E-state index contributed by atoms with van der Waals surface area (Å²) in [7, 11) is 0. The summed E-state index contributed by atoms with van der Waals surface area (Å²) in [6.07, 6.45) is 2.23. The Labute approximate surface area is 45.4 Å². The molecular formula is C4H4BrN. The summed E-state index contributed by atoms with van der Waals surface area (Å²) in [5.41, 5.74) is 0. The van der Waals surface area contributed by atoms with Crippen molar-refractivity contribution < 1.29 is 0 Å². The Morgan fingerprint density at radius 3 is 2.67 bits per heavy atom. The van der Waals surface area contributed by atoms with E-state index in [1.54, 1.807) is 11.1 Å². The maximum atomic E-state index is 7.88. The van der Waals surface area contributed by atoms with Gasteiger partial charge in [0.2, 0.25) is 0 Å². The van der Waals surface area contributed by atoms with Gasteiger partial charge in [0, 0.05) is 0 Å². The first-order valence-corrected chi connectivity index (χ1v) is 2.45. The lowest BCUT2D eigenvalue weighted by atomic mass is 10.5. The van der Waals surface area contributed by atoms with Crippen molar-refractivity contribution in [1.82, 2.24) is 0 Å². The number of nitrogens with zero attached hydrogens (tertiary/aromatic N) is 1. The highest BCUT2D eigenvalue weighted by atomic mass is 79.9. The molecule has 0 radical (unpaired) electrons. The average molecular weight is 146 g/mol. The lowest BCUT2D eigenvalue weighted by molar-refractivity contribution is 1.36. The Morgan fingerprint density at radius 2 is 2.50 bits per heavy atom. The highest BCUT2D eigenvalue weighted by Gasteiger charge is 1.62. The summed E-state index contributed by atoms with van der Waals surface area (Å²) >= 11 is 3.02. The second kappa shape index (κ2) is 4.71. The van der Waals surface area contributed by atoms with Crippen LogP contribution in [0.25, 0.3) is 0 Å². The van der Waals surface area contributed by atoms with E-state index in [1.165, 1.54) is 0 Å². The molecule has 0 fully saturated rings. The van der Waals surface area contributed by atoms with Crippen molar-refractivity contribution >= 4 is 15.9 Å². The molecule has 0 aromatic rings.